The zero-order valence-corrected chi connectivity index (χ0v) is 29.0. The number of ether oxygens (including phenoxy) is 2. The Bertz CT molecular complexity index is 1710. The third-order valence-electron chi connectivity index (χ3n) is 9.15. The number of aromatic hydroxyl groups is 1. The fourth-order valence-corrected chi connectivity index (χ4v) is 6.38. The molecule has 0 unspecified atom stereocenters. The number of aliphatic hydroxyl groups excluding tert-OH is 2. The molecule has 1 fully saturated rings. The molecule has 4 aromatic carbocycles. The number of carboxylic acids is 1. The Kier molecular flexibility index (Phi) is 13.7. The van der Waals surface area contributed by atoms with Crippen LogP contribution in [-0.4, -0.2) is 63.4 Å². The highest BCUT2D eigenvalue weighted by Gasteiger charge is 2.33. The number of hydrogen-bond donors (Lipinski definition) is 5. The van der Waals surface area contributed by atoms with Crippen LogP contribution >= 0.6 is 0 Å². The van der Waals surface area contributed by atoms with Crippen LogP contribution in [0.2, 0.25) is 0 Å². The maximum absolute atomic E-state index is 12.5. The number of nitrogens with zero attached hydrogens (tertiary/aromatic N) is 1. The standard InChI is InChI=1S/C41H48N2O8/c1-43(26-37(46)32-9-7-10-34(45)22-32)25-35-23-38(30-16-14-28(27-44)15-17-30)51-41(50-35)31-20-18-29(19-21-31)36-11-6-5-8-33(36)24-42-39(47)12-3-2-4-13-40(48)49/h5-11,14-22,35,37-38,41,44-46H,2-4,12-13,23-27H2,1H3,(H,42,47)(H,48,49)/t35-,37+,38+,41+/m0/s1. The van der Waals surface area contributed by atoms with E-state index in [0.29, 0.717) is 57.3 Å². The lowest BCUT2D eigenvalue weighted by molar-refractivity contribution is -0.252. The Morgan fingerprint density at radius 2 is 1.61 bits per heavy atom. The van der Waals surface area contributed by atoms with E-state index >= 15 is 0 Å². The van der Waals surface area contributed by atoms with E-state index in [1.807, 2.05) is 84.7 Å². The summed E-state index contributed by atoms with van der Waals surface area (Å²) in [6, 6.07) is 30.4. The van der Waals surface area contributed by atoms with Gasteiger partial charge < -0.3 is 40.1 Å². The maximum atomic E-state index is 12.5. The topological polar surface area (TPSA) is 149 Å². The number of carbonyl (C=O) groups is 2. The summed E-state index contributed by atoms with van der Waals surface area (Å²) in [6.45, 7) is 1.24. The van der Waals surface area contributed by atoms with Crippen molar-refractivity contribution >= 4 is 11.9 Å². The Labute approximate surface area is 299 Å². The van der Waals surface area contributed by atoms with E-state index in [1.54, 1.807) is 24.3 Å². The monoisotopic (exact) mass is 696 g/mol. The Balaban J connectivity index is 1.26. The molecule has 270 valence electrons. The molecule has 5 N–H and O–H groups in total. The van der Waals surface area contributed by atoms with Crippen LogP contribution in [-0.2, 0) is 32.2 Å². The van der Waals surface area contributed by atoms with Gasteiger partial charge in [-0.2, -0.15) is 0 Å². The number of rotatable bonds is 17. The molecule has 10 heteroatoms. The number of unbranched alkanes of at least 4 members (excludes halogenated alkanes) is 2. The molecule has 0 spiro atoms. The minimum atomic E-state index is -0.815. The number of nitrogens with one attached hydrogen (secondary N) is 1. The van der Waals surface area contributed by atoms with Crippen molar-refractivity contribution in [2.45, 2.75) is 76.3 Å². The molecule has 4 atom stereocenters. The number of carbonyl (C=O) groups excluding carboxylic acids is 1. The lowest BCUT2D eigenvalue weighted by atomic mass is 9.97. The number of aliphatic carboxylic acids is 1. The second-order valence-electron chi connectivity index (χ2n) is 13.2. The summed E-state index contributed by atoms with van der Waals surface area (Å²) in [4.78, 5) is 25.2. The highest BCUT2D eigenvalue weighted by atomic mass is 16.7. The number of aliphatic hydroxyl groups is 2. The second-order valence-corrected chi connectivity index (χ2v) is 13.2. The second kappa shape index (κ2) is 18.6. The van der Waals surface area contributed by atoms with Crippen LogP contribution in [0.4, 0.5) is 0 Å². The van der Waals surface area contributed by atoms with Crippen molar-refractivity contribution < 1.29 is 39.5 Å². The molecule has 0 aliphatic carbocycles. The third kappa shape index (κ3) is 11.2. The van der Waals surface area contributed by atoms with E-state index in [2.05, 4.69) is 5.32 Å². The van der Waals surface area contributed by atoms with E-state index in [1.165, 1.54) is 0 Å². The summed E-state index contributed by atoms with van der Waals surface area (Å²) in [6.07, 6.45) is 1.11. The van der Waals surface area contributed by atoms with Crippen LogP contribution in [0.1, 0.15) is 84.8 Å². The van der Waals surface area contributed by atoms with Gasteiger partial charge in [-0.15, -0.1) is 0 Å². The first-order chi connectivity index (χ1) is 24.7. The van der Waals surface area contributed by atoms with Crippen molar-refractivity contribution in [3.05, 3.63) is 125 Å². The molecule has 0 saturated carbocycles. The van der Waals surface area contributed by atoms with Gasteiger partial charge in [0.15, 0.2) is 6.29 Å². The smallest absolute Gasteiger partial charge is 0.303 e. The molecular weight excluding hydrogens is 648 g/mol. The molecule has 1 amide bonds. The Hall–Kier alpha value is -4.58. The largest absolute Gasteiger partial charge is 0.508 e. The predicted molar refractivity (Wildman–Crippen MR) is 193 cm³/mol. The predicted octanol–water partition coefficient (Wildman–Crippen LogP) is 6.41. The van der Waals surface area contributed by atoms with Crippen LogP contribution in [0.3, 0.4) is 0 Å². The van der Waals surface area contributed by atoms with Crippen molar-refractivity contribution in [1.82, 2.24) is 10.2 Å². The van der Waals surface area contributed by atoms with Crippen molar-refractivity contribution in [1.29, 1.82) is 0 Å². The molecule has 0 radical (unpaired) electrons. The van der Waals surface area contributed by atoms with Gasteiger partial charge in [0.05, 0.1) is 24.9 Å². The lowest BCUT2D eigenvalue weighted by Crippen LogP contribution is -2.39. The molecular formula is C41H48N2O8. The molecule has 1 aliphatic rings. The van der Waals surface area contributed by atoms with Crippen molar-refractivity contribution in [2.24, 2.45) is 0 Å². The van der Waals surface area contributed by atoms with Gasteiger partial charge in [-0.05, 0) is 65.4 Å². The van der Waals surface area contributed by atoms with Gasteiger partial charge in [-0.3, -0.25) is 9.59 Å². The fraction of sp³-hybridized carbons (Fsp3) is 0.366. The van der Waals surface area contributed by atoms with Gasteiger partial charge in [0.2, 0.25) is 5.91 Å². The molecule has 1 heterocycles. The van der Waals surface area contributed by atoms with Gasteiger partial charge in [0.25, 0.3) is 0 Å². The summed E-state index contributed by atoms with van der Waals surface area (Å²) in [5, 5.41) is 42.0. The van der Waals surface area contributed by atoms with E-state index < -0.39 is 18.4 Å². The average molecular weight is 697 g/mol. The van der Waals surface area contributed by atoms with E-state index in [9.17, 15) is 24.9 Å². The van der Waals surface area contributed by atoms with Gasteiger partial charge in [0.1, 0.15) is 5.75 Å². The number of phenolic OH excluding ortho intramolecular Hbond substituents is 1. The number of phenols is 1. The van der Waals surface area contributed by atoms with Crippen LogP contribution < -0.4 is 5.32 Å². The summed E-state index contributed by atoms with van der Waals surface area (Å²) in [5.41, 5.74) is 6.28. The van der Waals surface area contributed by atoms with E-state index in [4.69, 9.17) is 14.6 Å². The SMILES string of the molecule is CN(C[C@@H]1C[C@H](c2ccc(CO)cc2)O[C@H](c2ccc(-c3ccccc3CNC(=O)CCCCCC(=O)O)cc2)O1)C[C@@H](O)c1cccc(O)c1. The highest BCUT2D eigenvalue weighted by molar-refractivity contribution is 5.76. The molecule has 0 bridgehead atoms. The zero-order valence-electron chi connectivity index (χ0n) is 29.0. The summed E-state index contributed by atoms with van der Waals surface area (Å²) < 4.78 is 13.1. The summed E-state index contributed by atoms with van der Waals surface area (Å²) in [5.74, 6) is -0.763. The van der Waals surface area contributed by atoms with E-state index in [-0.39, 0.29) is 36.9 Å². The maximum Gasteiger partial charge on any atom is 0.303 e. The molecule has 0 aromatic heterocycles. The lowest BCUT2D eigenvalue weighted by Gasteiger charge is -2.38. The minimum absolute atomic E-state index is 0.0372. The summed E-state index contributed by atoms with van der Waals surface area (Å²) >= 11 is 0. The van der Waals surface area contributed by atoms with Gasteiger partial charge in [-0.25, -0.2) is 0 Å². The van der Waals surface area contributed by atoms with Crippen LogP contribution in [0, 0.1) is 0 Å². The van der Waals surface area contributed by atoms with Crippen LogP contribution in [0.5, 0.6) is 5.75 Å². The highest BCUT2D eigenvalue weighted by Crippen LogP contribution is 2.39. The van der Waals surface area contributed by atoms with Crippen molar-refractivity contribution in [3.63, 3.8) is 0 Å². The molecule has 10 nitrogen and oxygen atoms in total. The first kappa shape index (κ1) is 37.7. The zero-order chi connectivity index (χ0) is 36.2. The van der Waals surface area contributed by atoms with Gasteiger partial charge >= 0.3 is 5.97 Å². The van der Waals surface area contributed by atoms with Crippen LogP contribution in [0.15, 0.2) is 97.1 Å². The molecule has 1 aliphatic heterocycles. The number of benzene rings is 4. The van der Waals surface area contributed by atoms with Gasteiger partial charge in [-0.1, -0.05) is 91.3 Å². The average Bonchev–Trinajstić information content (AvgIpc) is 3.13. The van der Waals surface area contributed by atoms with Crippen LogP contribution in [0.25, 0.3) is 11.1 Å². The first-order valence-corrected chi connectivity index (χ1v) is 17.5. The van der Waals surface area contributed by atoms with Crippen molar-refractivity contribution in [2.75, 3.05) is 20.1 Å². The number of hydrogen-bond acceptors (Lipinski definition) is 8. The third-order valence-corrected chi connectivity index (χ3v) is 9.15. The normalized spacial score (nSPS) is 18.0. The van der Waals surface area contributed by atoms with E-state index in [0.717, 1.165) is 33.4 Å². The fourth-order valence-electron chi connectivity index (χ4n) is 6.38. The minimum Gasteiger partial charge on any atom is -0.508 e. The first-order valence-electron chi connectivity index (χ1n) is 17.5. The van der Waals surface area contributed by atoms with Crippen molar-refractivity contribution in [3.8, 4) is 16.9 Å². The molecule has 5 rings (SSSR count). The quantitative estimate of drug-likeness (QED) is 0.0790. The number of likely N-dealkylation sites (N-methyl/N-ethyl adjacent to an activating group) is 1. The molecule has 1 saturated heterocycles. The Morgan fingerprint density at radius 3 is 2.33 bits per heavy atom. The molecule has 51 heavy (non-hydrogen) atoms. The Morgan fingerprint density at radius 1 is 0.882 bits per heavy atom. The number of carboxylic acid groups (broad SMARTS) is 1. The number of amides is 1. The van der Waals surface area contributed by atoms with Gasteiger partial charge in [0, 0.05) is 44.5 Å². The summed E-state index contributed by atoms with van der Waals surface area (Å²) in [7, 11) is 1.93. The molecule has 4 aromatic rings.